The number of aromatic nitrogens is 2. The molecule has 0 aliphatic carbocycles. The number of ketones is 1. The molecule has 2 fully saturated rings. The van der Waals surface area contributed by atoms with Gasteiger partial charge in [0.05, 0.1) is 30.5 Å². The van der Waals surface area contributed by atoms with E-state index < -0.39 is 17.7 Å². The van der Waals surface area contributed by atoms with Crippen molar-refractivity contribution >= 4 is 23.1 Å². The summed E-state index contributed by atoms with van der Waals surface area (Å²) in [6, 6.07) is 11.1. The number of hydrogen-bond donors (Lipinski definition) is 2. The Morgan fingerprint density at radius 1 is 1.11 bits per heavy atom. The second kappa shape index (κ2) is 9.52. The van der Waals surface area contributed by atoms with E-state index in [1.165, 1.54) is 17.0 Å². The minimum Gasteiger partial charge on any atom is -0.508 e. The van der Waals surface area contributed by atoms with Gasteiger partial charge in [0.1, 0.15) is 17.1 Å². The summed E-state index contributed by atoms with van der Waals surface area (Å²) < 4.78 is 7.10. The van der Waals surface area contributed by atoms with E-state index in [-0.39, 0.29) is 17.1 Å². The van der Waals surface area contributed by atoms with Gasteiger partial charge in [-0.1, -0.05) is 18.2 Å². The molecule has 1 aromatic carbocycles. The average Bonchev–Trinajstić information content (AvgIpc) is 3.32. The van der Waals surface area contributed by atoms with Crippen LogP contribution in [-0.4, -0.2) is 80.5 Å². The first kappa shape index (κ1) is 23.1. The van der Waals surface area contributed by atoms with Crippen LogP contribution >= 0.6 is 0 Å². The fraction of sp³-hybridized carbons (Fsp3) is 0.346. The number of rotatable bonds is 6. The molecular weight excluding hydrogens is 448 g/mol. The molecule has 9 nitrogen and oxygen atoms in total. The molecular formula is C26H28N4O5. The number of carbonyl (C=O) groups is 2. The third-order valence-corrected chi connectivity index (χ3v) is 6.63. The Kier molecular flexibility index (Phi) is 6.27. The number of aryl methyl sites for hydroxylation is 1. The van der Waals surface area contributed by atoms with Gasteiger partial charge in [-0.05, 0) is 43.2 Å². The molecule has 2 aliphatic rings. The van der Waals surface area contributed by atoms with Crippen molar-refractivity contribution < 1.29 is 24.5 Å². The van der Waals surface area contributed by atoms with Crippen LogP contribution in [0.2, 0.25) is 0 Å². The van der Waals surface area contributed by atoms with Gasteiger partial charge in [-0.2, -0.15) is 0 Å². The number of Topliss-reactive ketones (excluding diaryl/α,β-unsaturated/α-hetero) is 1. The summed E-state index contributed by atoms with van der Waals surface area (Å²) in [5.74, 6) is -1.66. The normalized spacial score (nSPS) is 20.7. The second-order valence-electron chi connectivity index (χ2n) is 8.87. The quantitative estimate of drug-likeness (QED) is 0.320. The van der Waals surface area contributed by atoms with Crippen LogP contribution in [0.4, 0.5) is 0 Å². The zero-order valence-electron chi connectivity index (χ0n) is 19.6. The summed E-state index contributed by atoms with van der Waals surface area (Å²) in [7, 11) is 0. The van der Waals surface area contributed by atoms with Crippen molar-refractivity contribution in [1.82, 2.24) is 19.2 Å². The molecule has 4 heterocycles. The maximum Gasteiger partial charge on any atom is 0.295 e. The number of pyridine rings is 1. The number of amides is 1. The number of morpholine rings is 1. The molecule has 2 saturated heterocycles. The first-order valence-electron chi connectivity index (χ1n) is 11.8. The number of imidazole rings is 1. The van der Waals surface area contributed by atoms with Gasteiger partial charge >= 0.3 is 0 Å². The van der Waals surface area contributed by atoms with Gasteiger partial charge in [0.15, 0.2) is 5.76 Å². The number of hydrogen-bond acceptors (Lipinski definition) is 7. The molecule has 2 aliphatic heterocycles. The fourth-order valence-electron chi connectivity index (χ4n) is 4.97. The van der Waals surface area contributed by atoms with E-state index in [2.05, 4.69) is 9.88 Å². The van der Waals surface area contributed by atoms with Crippen LogP contribution in [0.1, 0.15) is 29.4 Å². The van der Waals surface area contributed by atoms with Crippen molar-refractivity contribution in [3.63, 3.8) is 0 Å². The molecule has 35 heavy (non-hydrogen) atoms. The van der Waals surface area contributed by atoms with Gasteiger partial charge < -0.3 is 19.8 Å². The Hall–Kier alpha value is -3.69. The number of aromatic hydroxyl groups is 1. The van der Waals surface area contributed by atoms with E-state index in [1.54, 1.807) is 35.7 Å². The van der Waals surface area contributed by atoms with Crippen LogP contribution in [0.3, 0.4) is 0 Å². The molecule has 1 atom stereocenters. The second-order valence-corrected chi connectivity index (χ2v) is 8.87. The highest BCUT2D eigenvalue weighted by molar-refractivity contribution is 6.46. The van der Waals surface area contributed by atoms with Crippen molar-refractivity contribution in [2.75, 3.05) is 39.4 Å². The van der Waals surface area contributed by atoms with Gasteiger partial charge in [-0.3, -0.25) is 18.9 Å². The summed E-state index contributed by atoms with van der Waals surface area (Å²) in [5.41, 5.74) is 2.10. The van der Waals surface area contributed by atoms with E-state index in [1.807, 2.05) is 12.1 Å². The minimum absolute atomic E-state index is 0.000672. The van der Waals surface area contributed by atoms with Crippen molar-refractivity contribution in [3.8, 4) is 5.75 Å². The van der Waals surface area contributed by atoms with Crippen LogP contribution in [0.5, 0.6) is 5.75 Å². The number of phenols is 1. The zero-order valence-corrected chi connectivity index (χ0v) is 19.6. The Labute approximate surface area is 202 Å². The van der Waals surface area contributed by atoms with E-state index in [0.29, 0.717) is 48.8 Å². The first-order chi connectivity index (χ1) is 17.0. The Balaban J connectivity index is 1.55. The van der Waals surface area contributed by atoms with Crippen LogP contribution < -0.4 is 0 Å². The predicted octanol–water partition coefficient (Wildman–Crippen LogP) is 2.49. The van der Waals surface area contributed by atoms with Gasteiger partial charge in [-0.15, -0.1) is 0 Å². The lowest BCUT2D eigenvalue weighted by Crippen LogP contribution is -2.38. The lowest BCUT2D eigenvalue weighted by molar-refractivity contribution is -0.140. The number of fused-ring (bicyclic) bond motifs is 1. The van der Waals surface area contributed by atoms with Crippen molar-refractivity contribution in [2.45, 2.75) is 19.4 Å². The molecule has 182 valence electrons. The number of aliphatic hydroxyl groups is 1. The van der Waals surface area contributed by atoms with Gasteiger partial charge in [-0.25, -0.2) is 4.98 Å². The lowest BCUT2D eigenvalue weighted by Gasteiger charge is -2.29. The highest BCUT2D eigenvalue weighted by Gasteiger charge is 2.46. The van der Waals surface area contributed by atoms with Crippen LogP contribution in [0.15, 0.2) is 54.2 Å². The minimum atomic E-state index is -0.819. The number of aliphatic hydroxyl groups excluding tert-OH is 1. The molecule has 1 unspecified atom stereocenters. The Morgan fingerprint density at radius 3 is 2.69 bits per heavy atom. The van der Waals surface area contributed by atoms with E-state index >= 15 is 0 Å². The maximum absolute atomic E-state index is 13.3. The van der Waals surface area contributed by atoms with Crippen molar-refractivity contribution in [2.24, 2.45) is 0 Å². The maximum atomic E-state index is 13.3. The molecule has 0 bridgehead atoms. The number of carbonyl (C=O) groups excluding carboxylic acids is 2. The molecule has 0 radical (unpaired) electrons. The molecule has 2 aromatic heterocycles. The number of ether oxygens (including phenoxy) is 1. The van der Waals surface area contributed by atoms with E-state index in [9.17, 15) is 19.8 Å². The molecule has 0 spiro atoms. The summed E-state index contributed by atoms with van der Waals surface area (Å²) in [4.78, 5) is 34.8. The fourth-order valence-corrected chi connectivity index (χ4v) is 4.97. The molecule has 0 saturated carbocycles. The van der Waals surface area contributed by atoms with Crippen LogP contribution in [0, 0.1) is 6.92 Å². The largest absolute Gasteiger partial charge is 0.508 e. The molecule has 5 rings (SSSR count). The molecule has 3 aromatic rings. The Bertz CT molecular complexity index is 1310. The third-order valence-electron chi connectivity index (χ3n) is 6.63. The summed E-state index contributed by atoms with van der Waals surface area (Å²) in [6.07, 6.45) is 2.42. The summed E-state index contributed by atoms with van der Waals surface area (Å²) in [5, 5.41) is 21.6. The van der Waals surface area contributed by atoms with Gasteiger partial charge in [0, 0.05) is 32.4 Å². The van der Waals surface area contributed by atoms with Crippen LogP contribution in [0.25, 0.3) is 11.4 Å². The van der Waals surface area contributed by atoms with Gasteiger partial charge in [0.2, 0.25) is 0 Å². The van der Waals surface area contributed by atoms with Gasteiger partial charge in [0.25, 0.3) is 11.7 Å². The SMILES string of the molecule is Cc1nc2ccccn2c1C(O)=C1C(=O)C(=O)N(CCCN2CCOCC2)C1c1cccc(O)c1. The average molecular weight is 477 g/mol. The topological polar surface area (TPSA) is 108 Å². The van der Waals surface area contributed by atoms with Crippen molar-refractivity contribution in [1.29, 1.82) is 0 Å². The summed E-state index contributed by atoms with van der Waals surface area (Å²) in [6.45, 7) is 5.91. The predicted molar refractivity (Wildman–Crippen MR) is 129 cm³/mol. The molecule has 2 N–H and O–H groups in total. The third kappa shape index (κ3) is 4.28. The number of phenolic OH excluding ortho intramolecular Hbond substituents is 1. The molecule has 1 amide bonds. The van der Waals surface area contributed by atoms with Crippen molar-refractivity contribution in [3.05, 3.63) is 71.2 Å². The first-order valence-corrected chi connectivity index (χ1v) is 11.8. The standard InChI is InChI=1S/C26H28N4O5/c1-17-22(29-10-3-2-8-20(29)27-17)24(32)21-23(18-6-4-7-19(31)16-18)30(26(34)25(21)33)11-5-9-28-12-14-35-15-13-28/h2-4,6-8,10,16,23,31-32H,5,9,11-15H2,1H3. The smallest absolute Gasteiger partial charge is 0.295 e. The number of likely N-dealkylation sites (tertiary alicyclic amines) is 1. The number of benzene rings is 1. The Morgan fingerprint density at radius 2 is 1.91 bits per heavy atom. The number of nitrogens with zero attached hydrogens (tertiary/aromatic N) is 4. The van der Waals surface area contributed by atoms with Crippen LogP contribution in [-0.2, 0) is 14.3 Å². The lowest BCUT2D eigenvalue weighted by atomic mass is 9.96. The van der Waals surface area contributed by atoms with E-state index in [4.69, 9.17) is 4.74 Å². The highest BCUT2D eigenvalue weighted by Crippen LogP contribution is 2.40. The highest BCUT2D eigenvalue weighted by atomic mass is 16.5. The molecule has 9 heteroatoms. The zero-order chi connectivity index (χ0) is 24.5. The summed E-state index contributed by atoms with van der Waals surface area (Å²) >= 11 is 0. The van der Waals surface area contributed by atoms with E-state index in [0.717, 1.165) is 19.6 Å². The monoisotopic (exact) mass is 476 g/mol.